The van der Waals surface area contributed by atoms with Crippen LogP contribution in [0.4, 0.5) is 11.5 Å². The molecule has 1 fully saturated rings. The van der Waals surface area contributed by atoms with E-state index in [0.29, 0.717) is 11.9 Å². The molecule has 2 heterocycles. The standard InChI is InChI=1S/C16H18N4O2/c1-22-16(21)14-7-8-15(19-18-14)17-12-9-10-20(11-12)13-5-3-2-4-6-13/h2-8,12H,9-11H2,1H3,(H,17,19). The van der Waals surface area contributed by atoms with Crippen molar-refractivity contribution in [2.24, 2.45) is 0 Å². The van der Waals surface area contributed by atoms with E-state index >= 15 is 0 Å². The highest BCUT2D eigenvalue weighted by atomic mass is 16.5. The zero-order valence-electron chi connectivity index (χ0n) is 12.4. The van der Waals surface area contributed by atoms with Crippen molar-refractivity contribution < 1.29 is 9.53 Å². The molecule has 6 nitrogen and oxygen atoms in total. The molecule has 1 aliphatic heterocycles. The number of anilines is 2. The molecule has 1 aliphatic rings. The average molecular weight is 298 g/mol. The van der Waals surface area contributed by atoms with Crippen LogP contribution in [0.3, 0.4) is 0 Å². The summed E-state index contributed by atoms with van der Waals surface area (Å²) in [6.45, 7) is 1.93. The van der Waals surface area contributed by atoms with E-state index in [1.165, 1.54) is 12.8 Å². The van der Waals surface area contributed by atoms with Crippen molar-refractivity contribution in [2.75, 3.05) is 30.4 Å². The van der Waals surface area contributed by atoms with Crippen LogP contribution in [0.2, 0.25) is 0 Å². The van der Waals surface area contributed by atoms with Crippen LogP contribution < -0.4 is 10.2 Å². The predicted molar refractivity (Wildman–Crippen MR) is 84.1 cm³/mol. The minimum Gasteiger partial charge on any atom is -0.464 e. The Balaban J connectivity index is 1.59. The maximum Gasteiger partial charge on any atom is 0.358 e. The number of hydrogen-bond acceptors (Lipinski definition) is 6. The fourth-order valence-corrected chi connectivity index (χ4v) is 2.58. The van der Waals surface area contributed by atoms with Gasteiger partial charge in [0.2, 0.25) is 0 Å². The van der Waals surface area contributed by atoms with Gasteiger partial charge in [-0.15, -0.1) is 10.2 Å². The van der Waals surface area contributed by atoms with Gasteiger partial charge in [-0.25, -0.2) is 4.79 Å². The molecule has 0 aliphatic carbocycles. The molecule has 3 rings (SSSR count). The van der Waals surface area contributed by atoms with Crippen molar-refractivity contribution in [1.29, 1.82) is 0 Å². The minimum atomic E-state index is -0.477. The van der Waals surface area contributed by atoms with Gasteiger partial charge < -0.3 is 15.0 Å². The van der Waals surface area contributed by atoms with E-state index < -0.39 is 5.97 Å². The molecule has 1 unspecified atom stereocenters. The summed E-state index contributed by atoms with van der Waals surface area (Å²) in [7, 11) is 1.33. The SMILES string of the molecule is COC(=O)c1ccc(NC2CCN(c3ccccc3)C2)nn1. The van der Waals surface area contributed by atoms with E-state index in [9.17, 15) is 4.79 Å². The first kappa shape index (κ1) is 14.3. The van der Waals surface area contributed by atoms with E-state index in [-0.39, 0.29) is 5.69 Å². The van der Waals surface area contributed by atoms with Gasteiger partial charge in [-0.3, -0.25) is 0 Å². The first-order valence-corrected chi connectivity index (χ1v) is 7.25. The molecule has 6 heteroatoms. The molecule has 0 bridgehead atoms. The minimum absolute atomic E-state index is 0.213. The van der Waals surface area contributed by atoms with E-state index in [1.807, 2.05) is 18.2 Å². The summed E-state index contributed by atoms with van der Waals surface area (Å²) in [4.78, 5) is 13.7. The molecule has 1 aromatic carbocycles. The molecule has 114 valence electrons. The predicted octanol–water partition coefficient (Wildman–Crippen LogP) is 1.95. The average Bonchev–Trinajstić information content (AvgIpc) is 3.04. The molecule has 0 radical (unpaired) electrons. The summed E-state index contributed by atoms with van der Waals surface area (Å²) < 4.78 is 4.60. The number of ether oxygens (including phenoxy) is 1. The Hall–Kier alpha value is -2.63. The summed E-state index contributed by atoms with van der Waals surface area (Å²) in [5.41, 5.74) is 1.45. The highest BCUT2D eigenvalue weighted by molar-refractivity contribution is 5.86. The quantitative estimate of drug-likeness (QED) is 0.870. The lowest BCUT2D eigenvalue weighted by Crippen LogP contribution is -2.26. The molecular formula is C16H18N4O2. The van der Waals surface area contributed by atoms with Crippen molar-refractivity contribution in [3.05, 3.63) is 48.2 Å². The largest absolute Gasteiger partial charge is 0.464 e. The van der Waals surface area contributed by atoms with Crippen molar-refractivity contribution >= 4 is 17.5 Å². The van der Waals surface area contributed by atoms with Gasteiger partial charge in [0.25, 0.3) is 0 Å². The Morgan fingerprint density at radius 1 is 1.23 bits per heavy atom. The van der Waals surface area contributed by atoms with Crippen molar-refractivity contribution in [3.8, 4) is 0 Å². The van der Waals surface area contributed by atoms with Crippen LogP contribution in [-0.2, 0) is 4.74 Å². The van der Waals surface area contributed by atoms with Crippen molar-refractivity contribution in [1.82, 2.24) is 10.2 Å². The van der Waals surface area contributed by atoms with Gasteiger partial charge in [0.05, 0.1) is 7.11 Å². The van der Waals surface area contributed by atoms with Crippen LogP contribution in [0.1, 0.15) is 16.9 Å². The Morgan fingerprint density at radius 2 is 2.05 bits per heavy atom. The summed E-state index contributed by atoms with van der Waals surface area (Å²) >= 11 is 0. The number of nitrogens with zero attached hydrogens (tertiary/aromatic N) is 3. The van der Waals surface area contributed by atoms with E-state index in [1.54, 1.807) is 12.1 Å². The molecule has 1 atom stereocenters. The normalized spacial score (nSPS) is 17.3. The topological polar surface area (TPSA) is 67.3 Å². The fraction of sp³-hybridized carbons (Fsp3) is 0.312. The molecule has 0 spiro atoms. The summed E-state index contributed by atoms with van der Waals surface area (Å²) in [5.74, 6) is 0.197. The van der Waals surface area contributed by atoms with Crippen LogP contribution in [0.5, 0.6) is 0 Å². The van der Waals surface area contributed by atoms with Crippen LogP contribution >= 0.6 is 0 Å². The number of carbonyl (C=O) groups is 1. The number of hydrogen-bond donors (Lipinski definition) is 1. The molecule has 1 saturated heterocycles. The molecule has 0 amide bonds. The number of carbonyl (C=O) groups excluding carboxylic acids is 1. The zero-order valence-corrected chi connectivity index (χ0v) is 12.4. The molecule has 2 aromatic rings. The molecule has 0 saturated carbocycles. The highest BCUT2D eigenvalue weighted by Crippen LogP contribution is 2.21. The van der Waals surface area contributed by atoms with Gasteiger partial charge in [-0.05, 0) is 30.7 Å². The lowest BCUT2D eigenvalue weighted by Gasteiger charge is -2.19. The third-order valence-corrected chi connectivity index (χ3v) is 3.72. The summed E-state index contributed by atoms with van der Waals surface area (Å²) in [5, 5.41) is 11.3. The summed E-state index contributed by atoms with van der Waals surface area (Å²) in [6.07, 6.45) is 1.04. The lowest BCUT2D eigenvalue weighted by atomic mass is 10.2. The summed E-state index contributed by atoms with van der Waals surface area (Å²) in [6, 6.07) is 14.0. The Labute approximate surface area is 129 Å². The van der Waals surface area contributed by atoms with Gasteiger partial charge in [0.15, 0.2) is 5.69 Å². The van der Waals surface area contributed by atoms with Gasteiger partial charge in [-0.1, -0.05) is 18.2 Å². The maximum absolute atomic E-state index is 11.3. The number of esters is 1. The third kappa shape index (κ3) is 3.16. The monoisotopic (exact) mass is 298 g/mol. The van der Waals surface area contributed by atoms with Crippen LogP contribution in [0.15, 0.2) is 42.5 Å². The Kier molecular flexibility index (Phi) is 4.18. The fourth-order valence-electron chi connectivity index (χ4n) is 2.58. The number of rotatable bonds is 4. The van der Waals surface area contributed by atoms with E-state index in [0.717, 1.165) is 19.5 Å². The van der Waals surface area contributed by atoms with Crippen molar-refractivity contribution in [3.63, 3.8) is 0 Å². The second-order valence-corrected chi connectivity index (χ2v) is 5.21. The van der Waals surface area contributed by atoms with Gasteiger partial charge in [-0.2, -0.15) is 0 Å². The van der Waals surface area contributed by atoms with Gasteiger partial charge >= 0.3 is 5.97 Å². The van der Waals surface area contributed by atoms with E-state index in [4.69, 9.17) is 0 Å². The van der Waals surface area contributed by atoms with Gasteiger partial charge in [0, 0.05) is 24.8 Å². The zero-order chi connectivity index (χ0) is 15.4. The van der Waals surface area contributed by atoms with Crippen LogP contribution in [-0.4, -0.2) is 42.4 Å². The lowest BCUT2D eigenvalue weighted by molar-refractivity contribution is 0.0593. The van der Waals surface area contributed by atoms with Crippen LogP contribution in [0, 0.1) is 0 Å². The smallest absolute Gasteiger partial charge is 0.358 e. The third-order valence-electron chi connectivity index (χ3n) is 3.72. The Bertz CT molecular complexity index is 630. The number of nitrogens with one attached hydrogen (secondary N) is 1. The van der Waals surface area contributed by atoms with Crippen molar-refractivity contribution in [2.45, 2.75) is 12.5 Å². The molecule has 22 heavy (non-hydrogen) atoms. The first-order chi connectivity index (χ1) is 10.8. The van der Waals surface area contributed by atoms with E-state index in [2.05, 4.69) is 37.3 Å². The second kappa shape index (κ2) is 6.43. The maximum atomic E-state index is 11.3. The molecular weight excluding hydrogens is 280 g/mol. The van der Waals surface area contributed by atoms with Crippen LogP contribution in [0.25, 0.3) is 0 Å². The number of aromatic nitrogens is 2. The second-order valence-electron chi connectivity index (χ2n) is 5.21. The Morgan fingerprint density at radius 3 is 2.73 bits per heavy atom. The number of methoxy groups -OCH3 is 1. The first-order valence-electron chi connectivity index (χ1n) is 7.25. The highest BCUT2D eigenvalue weighted by Gasteiger charge is 2.22. The molecule has 1 aromatic heterocycles. The van der Waals surface area contributed by atoms with Gasteiger partial charge in [0.1, 0.15) is 5.82 Å². The molecule has 1 N–H and O–H groups in total. The number of para-hydroxylation sites is 1. The number of benzene rings is 1.